The Morgan fingerprint density at radius 3 is 2.90 bits per heavy atom. The molecule has 1 aromatic rings. The van der Waals surface area contributed by atoms with Crippen molar-refractivity contribution in [1.82, 2.24) is 9.78 Å². The van der Waals surface area contributed by atoms with E-state index in [1.807, 2.05) is 30.9 Å². The van der Waals surface area contributed by atoms with Gasteiger partial charge < -0.3 is 5.73 Å². The van der Waals surface area contributed by atoms with E-state index in [0.717, 1.165) is 6.54 Å². The average molecular weight is 139 g/mol. The van der Waals surface area contributed by atoms with Crippen LogP contribution in [0.1, 0.15) is 12.5 Å². The summed E-state index contributed by atoms with van der Waals surface area (Å²) in [5.41, 5.74) is 6.75. The maximum absolute atomic E-state index is 5.57. The van der Waals surface area contributed by atoms with Crippen molar-refractivity contribution in [3.05, 3.63) is 18.0 Å². The van der Waals surface area contributed by atoms with Crippen molar-refractivity contribution in [2.45, 2.75) is 26.4 Å². The normalized spacial score (nSPS) is 13.5. The van der Waals surface area contributed by atoms with Gasteiger partial charge in [-0.15, -0.1) is 0 Å². The molecule has 0 radical (unpaired) electrons. The van der Waals surface area contributed by atoms with E-state index in [1.54, 1.807) is 0 Å². The number of nitrogens with two attached hydrogens (primary N) is 1. The highest BCUT2D eigenvalue weighted by molar-refractivity contribution is 4.99. The monoisotopic (exact) mass is 139 g/mol. The number of nitrogens with zero attached hydrogens (tertiary/aromatic N) is 2. The van der Waals surface area contributed by atoms with E-state index in [1.165, 1.54) is 5.56 Å². The number of hydrogen-bond donors (Lipinski definition) is 1. The van der Waals surface area contributed by atoms with Crippen LogP contribution in [0.4, 0.5) is 0 Å². The van der Waals surface area contributed by atoms with Crippen LogP contribution in [0.15, 0.2) is 12.4 Å². The van der Waals surface area contributed by atoms with Crippen molar-refractivity contribution >= 4 is 0 Å². The molecule has 3 nitrogen and oxygen atoms in total. The molecular formula is C7H13N3. The standard InChI is InChI=1S/C7H13N3/c1-6-3-9-10(4-6)5-7(2)8/h3-4,7H,5,8H2,1-2H3. The summed E-state index contributed by atoms with van der Waals surface area (Å²) in [6.07, 6.45) is 3.83. The zero-order valence-electron chi connectivity index (χ0n) is 6.41. The molecule has 1 atom stereocenters. The molecule has 0 bridgehead atoms. The number of aromatic nitrogens is 2. The summed E-state index contributed by atoms with van der Waals surface area (Å²) in [4.78, 5) is 0. The van der Waals surface area contributed by atoms with Crippen molar-refractivity contribution in [3.8, 4) is 0 Å². The van der Waals surface area contributed by atoms with Gasteiger partial charge in [0.25, 0.3) is 0 Å². The quantitative estimate of drug-likeness (QED) is 0.649. The van der Waals surface area contributed by atoms with Crippen LogP contribution < -0.4 is 5.73 Å². The van der Waals surface area contributed by atoms with Gasteiger partial charge in [0.1, 0.15) is 0 Å². The zero-order valence-corrected chi connectivity index (χ0v) is 6.41. The molecule has 0 spiro atoms. The van der Waals surface area contributed by atoms with Gasteiger partial charge in [-0.2, -0.15) is 5.10 Å². The Morgan fingerprint density at radius 2 is 2.50 bits per heavy atom. The molecular weight excluding hydrogens is 126 g/mol. The Bertz CT molecular complexity index is 202. The molecule has 56 valence electrons. The van der Waals surface area contributed by atoms with E-state index in [4.69, 9.17) is 5.73 Å². The van der Waals surface area contributed by atoms with Gasteiger partial charge >= 0.3 is 0 Å². The molecule has 1 heterocycles. The smallest absolute Gasteiger partial charge is 0.0557 e. The Morgan fingerprint density at radius 1 is 1.80 bits per heavy atom. The van der Waals surface area contributed by atoms with Gasteiger partial charge in [0.2, 0.25) is 0 Å². The van der Waals surface area contributed by atoms with Crippen molar-refractivity contribution < 1.29 is 0 Å². The van der Waals surface area contributed by atoms with Crippen LogP contribution in [0.25, 0.3) is 0 Å². The van der Waals surface area contributed by atoms with E-state index in [9.17, 15) is 0 Å². The third-order valence-electron chi connectivity index (χ3n) is 1.24. The third kappa shape index (κ3) is 1.84. The van der Waals surface area contributed by atoms with Crippen molar-refractivity contribution in [2.75, 3.05) is 0 Å². The fourth-order valence-corrected chi connectivity index (χ4v) is 0.862. The van der Waals surface area contributed by atoms with E-state index in [-0.39, 0.29) is 6.04 Å². The Labute approximate surface area is 60.8 Å². The second kappa shape index (κ2) is 2.84. The van der Waals surface area contributed by atoms with Crippen LogP contribution in [0, 0.1) is 6.92 Å². The zero-order chi connectivity index (χ0) is 7.56. The lowest BCUT2D eigenvalue weighted by Crippen LogP contribution is -2.22. The van der Waals surface area contributed by atoms with E-state index >= 15 is 0 Å². The molecule has 0 amide bonds. The molecule has 0 fully saturated rings. The number of hydrogen-bond acceptors (Lipinski definition) is 2. The Hall–Kier alpha value is -0.830. The van der Waals surface area contributed by atoms with Crippen LogP contribution in [-0.2, 0) is 6.54 Å². The topological polar surface area (TPSA) is 43.8 Å². The summed E-state index contributed by atoms with van der Waals surface area (Å²) >= 11 is 0. The predicted molar refractivity (Wildman–Crippen MR) is 40.6 cm³/mol. The number of aryl methyl sites for hydroxylation is 1. The first-order chi connectivity index (χ1) is 4.68. The maximum atomic E-state index is 5.57. The highest BCUT2D eigenvalue weighted by Gasteiger charge is 1.96. The minimum absolute atomic E-state index is 0.180. The van der Waals surface area contributed by atoms with E-state index in [2.05, 4.69) is 5.10 Å². The Kier molecular flexibility index (Phi) is 2.06. The Balaban J connectivity index is 2.58. The summed E-state index contributed by atoms with van der Waals surface area (Å²) < 4.78 is 1.86. The van der Waals surface area contributed by atoms with Crippen LogP contribution in [0.5, 0.6) is 0 Å². The van der Waals surface area contributed by atoms with Crippen LogP contribution in [-0.4, -0.2) is 15.8 Å². The van der Waals surface area contributed by atoms with E-state index < -0.39 is 0 Å². The van der Waals surface area contributed by atoms with Crippen LogP contribution >= 0.6 is 0 Å². The molecule has 2 N–H and O–H groups in total. The molecule has 1 aromatic heterocycles. The molecule has 1 rings (SSSR count). The van der Waals surface area contributed by atoms with E-state index in [0.29, 0.717) is 0 Å². The summed E-state index contributed by atoms with van der Waals surface area (Å²) in [5.74, 6) is 0. The molecule has 0 saturated heterocycles. The van der Waals surface area contributed by atoms with Crippen molar-refractivity contribution in [2.24, 2.45) is 5.73 Å². The van der Waals surface area contributed by atoms with Gasteiger partial charge in [0, 0.05) is 12.2 Å². The lowest BCUT2D eigenvalue weighted by Gasteiger charge is -2.03. The summed E-state index contributed by atoms with van der Waals surface area (Å²) in [6, 6.07) is 0.180. The lowest BCUT2D eigenvalue weighted by atomic mass is 10.4. The van der Waals surface area contributed by atoms with Gasteiger partial charge in [-0.05, 0) is 19.4 Å². The molecule has 1 unspecified atom stereocenters. The molecule has 0 aliphatic carbocycles. The van der Waals surface area contributed by atoms with Crippen LogP contribution in [0.2, 0.25) is 0 Å². The summed E-state index contributed by atoms with van der Waals surface area (Å²) in [6.45, 7) is 4.79. The SMILES string of the molecule is Cc1cnn(CC(C)N)c1. The fraction of sp³-hybridized carbons (Fsp3) is 0.571. The average Bonchev–Trinajstić information content (AvgIpc) is 2.13. The highest BCUT2D eigenvalue weighted by atomic mass is 15.3. The van der Waals surface area contributed by atoms with Gasteiger partial charge in [-0.25, -0.2) is 0 Å². The predicted octanol–water partition coefficient (Wildman–Crippen LogP) is 0.539. The molecule has 0 saturated carbocycles. The van der Waals surface area contributed by atoms with Gasteiger partial charge in [0.15, 0.2) is 0 Å². The second-order valence-electron chi connectivity index (χ2n) is 2.72. The lowest BCUT2D eigenvalue weighted by molar-refractivity contribution is 0.538. The first-order valence-corrected chi connectivity index (χ1v) is 3.43. The largest absolute Gasteiger partial charge is 0.326 e. The molecule has 0 aliphatic rings. The fourth-order valence-electron chi connectivity index (χ4n) is 0.862. The highest BCUT2D eigenvalue weighted by Crippen LogP contribution is 1.94. The molecule has 0 aliphatic heterocycles. The molecule has 10 heavy (non-hydrogen) atoms. The second-order valence-corrected chi connectivity index (χ2v) is 2.72. The summed E-state index contributed by atoms with van der Waals surface area (Å²) in [5, 5.41) is 4.09. The van der Waals surface area contributed by atoms with Gasteiger partial charge in [-0.1, -0.05) is 0 Å². The minimum atomic E-state index is 0.180. The third-order valence-corrected chi connectivity index (χ3v) is 1.24. The minimum Gasteiger partial charge on any atom is -0.326 e. The molecule has 3 heteroatoms. The summed E-state index contributed by atoms with van der Waals surface area (Å²) in [7, 11) is 0. The maximum Gasteiger partial charge on any atom is 0.0557 e. The first kappa shape index (κ1) is 7.28. The molecule has 0 aromatic carbocycles. The van der Waals surface area contributed by atoms with Gasteiger partial charge in [0.05, 0.1) is 12.7 Å². The van der Waals surface area contributed by atoms with Crippen molar-refractivity contribution in [1.29, 1.82) is 0 Å². The van der Waals surface area contributed by atoms with Crippen LogP contribution in [0.3, 0.4) is 0 Å². The van der Waals surface area contributed by atoms with Gasteiger partial charge in [-0.3, -0.25) is 4.68 Å². The number of rotatable bonds is 2. The first-order valence-electron chi connectivity index (χ1n) is 3.43. The van der Waals surface area contributed by atoms with Crippen molar-refractivity contribution in [3.63, 3.8) is 0 Å².